The number of carbonyl (C=O) groups excluding carboxylic acids is 4. The molecular formula is C91H152O17P2. The van der Waals surface area contributed by atoms with Gasteiger partial charge in [0.05, 0.1) is 26.4 Å². The number of hydrogen-bond donors (Lipinski definition) is 3. The molecule has 0 spiro atoms. The molecule has 0 rings (SSSR count). The van der Waals surface area contributed by atoms with Crippen LogP contribution in [0.1, 0.15) is 336 Å². The number of allylic oxidation sites excluding steroid dienone is 26. The van der Waals surface area contributed by atoms with Crippen LogP contribution in [0.5, 0.6) is 0 Å². The Hall–Kier alpha value is -5.32. The molecule has 110 heavy (non-hydrogen) atoms. The van der Waals surface area contributed by atoms with Crippen LogP contribution in [-0.2, 0) is 65.4 Å². The van der Waals surface area contributed by atoms with Crippen molar-refractivity contribution in [2.24, 2.45) is 0 Å². The largest absolute Gasteiger partial charge is 0.472 e. The van der Waals surface area contributed by atoms with Gasteiger partial charge < -0.3 is 33.8 Å². The van der Waals surface area contributed by atoms with Crippen LogP contribution in [0.3, 0.4) is 0 Å². The van der Waals surface area contributed by atoms with E-state index in [1.54, 1.807) is 0 Å². The summed E-state index contributed by atoms with van der Waals surface area (Å²) in [5.74, 6) is -2.29. The summed E-state index contributed by atoms with van der Waals surface area (Å²) >= 11 is 0. The highest BCUT2D eigenvalue weighted by Gasteiger charge is 2.30. The molecule has 5 unspecified atom stereocenters. The monoisotopic (exact) mass is 1580 g/mol. The molecular weight excluding hydrogens is 1430 g/mol. The molecule has 0 aliphatic heterocycles. The summed E-state index contributed by atoms with van der Waals surface area (Å²) in [7, 11) is -10.0. The third-order valence-corrected chi connectivity index (χ3v) is 19.4. The zero-order valence-corrected chi connectivity index (χ0v) is 70.7. The predicted octanol–water partition coefficient (Wildman–Crippen LogP) is 25.6. The van der Waals surface area contributed by atoms with Crippen molar-refractivity contribution >= 4 is 39.5 Å². The first kappa shape index (κ1) is 105. The number of phosphoric ester groups is 2. The van der Waals surface area contributed by atoms with Crippen LogP contribution in [0.4, 0.5) is 0 Å². The van der Waals surface area contributed by atoms with E-state index in [-0.39, 0.29) is 25.7 Å². The second-order valence-corrected chi connectivity index (χ2v) is 30.9. The van der Waals surface area contributed by atoms with E-state index in [2.05, 4.69) is 167 Å². The van der Waals surface area contributed by atoms with Crippen molar-refractivity contribution in [3.63, 3.8) is 0 Å². The maximum atomic E-state index is 13.1. The van der Waals surface area contributed by atoms with Gasteiger partial charge in [-0.2, -0.15) is 0 Å². The minimum absolute atomic E-state index is 0.0283. The van der Waals surface area contributed by atoms with Gasteiger partial charge in [-0.25, -0.2) is 9.13 Å². The zero-order chi connectivity index (χ0) is 80.3. The van der Waals surface area contributed by atoms with Gasteiger partial charge >= 0.3 is 39.5 Å². The number of hydrogen-bond acceptors (Lipinski definition) is 15. The number of aliphatic hydroxyl groups is 1. The van der Waals surface area contributed by atoms with Gasteiger partial charge in [-0.15, -0.1) is 0 Å². The Morgan fingerprint density at radius 2 is 0.491 bits per heavy atom. The third kappa shape index (κ3) is 80.7. The van der Waals surface area contributed by atoms with Crippen molar-refractivity contribution in [1.29, 1.82) is 0 Å². The molecule has 0 radical (unpaired) electrons. The maximum absolute atomic E-state index is 13.1. The number of ether oxygens (including phenoxy) is 4. The second-order valence-electron chi connectivity index (χ2n) is 28.0. The molecule has 0 aromatic carbocycles. The fraction of sp³-hybridized carbons (Fsp3) is 0.670. The number of aliphatic hydroxyl groups excluding tert-OH is 1. The lowest BCUT2D eigenvalue weighted by molar-refractivity contribution is -0.161. The Kier molecular flexibility index (Phi) is 77.7. The Morgan fingerprint density at radius 3 is 0.782 bits per heavy atom. The van der Waals surface area contributed by atoms with Crippen LogP contribution in [0.15, 0.2) is 158 Å². The number of esters is 4. The second kappa shape index (κ2) is 81.7. The molecule has 0 aromatic rings. The highest BCUT2D eigenvalue weighted by Crippen LogP contribution is 2.45. The van der Waals surface area contributed by atoms with Crippen molar-refractivity contribution < 1.29 is 80.2 Å². The van der Waals surface area contributed by atoms with Gasteiger partial charge in [0.25, 0.3) is 0 Å². The minimum Gasteiger partial charge on any atom is -0.462 e. The highest BCUT2D eigenvalue weighted by atomic mass is 31.2. The summed E-state index contributed by atoms with van der Waals surface area (Å²) in [6, 6.07) is 0. The van der Waals surface area contributed by atoms with Crippen LogP contribution >= 0.6 is 15.6 Å². The molecule has 0 saturated heterocycles. The summed E-state index contributed by atoms with van der Waals surface area (Å²) in [5, 5.41) is 10.7. The molecule has 17 nitrogen and oxygen atoms in total. The van der Waals surface area contributed by atoms with E-state index in [0.29, 0.717) is 32.1 Å². The molecule has 19 heteroatoms. The normalized spacial score (nSPS) is 14.6. The van der Waals surface area contributed by atoms with E-state index in [1.165, 1.54) is 64.2 Å². The summed E-state index contributed by atoms with van der Waals surface area (Å²) in [4.78, 5) is 73.3. The van der Waals surface area contributed by atoms with E-state index < -0.39 is 97.5 Å². The molecule has 0 aromatic heterocycles. The van der Waals surface area contributed by atoms with Gasteiger partial charge in [-0.3, -0.25) is 37.3 Å². The van der Waals surface area contributed by atoms with Gasteiger partial charge in [-0.05, 0) is 135 Å². The first-order valence-electron chi connectivity index (χ1n) is 42.7. The van der Waals surface area contributed by atoms with Crippen LogP contribution in [0.25, 0.3) is 0 Å². The zero-order valence-electron chi connectivity index (χ0n) is 68.9. The van der Waals surface area contributed by atoms with Crippen LogP contribution in [-0.4, -0.2) is 96.7 Å². The lowest BCUT2D eigenvalue weighted by Crippen LogP contribution is -2.30. The quantitative estimate of drug-likeness (QED) is 0.0169. The van der Waals surface area contributed by atoms with Crippen molar-refractivity contribution in [3.8, 4) is 0 Å². The van der Waals surface area contributed by atoms with Crippen molar-refractivity contribution in [3.05, 3.63) is 158 Å². The van der Waals surface area contributed by atoms with Crippen molar-refractivity contribution in [2.45, 2.75) is 354 Å². The highest BCUT2D eigenvalue weighted by molar-refractivity contribution is 7.47. The molecule has 0 amide bonds. The smallest absolute Gasteiger partial charge is 0.462 e. The molecule has 0 saturated carbocycles. The fourth-order valence-electron chi connectivity index (χ4n) is 11.1. The summed E-state index contributed by atoms with van der Waals surface area (Å²) < 4.78 is 68.8. The lowest BCUT2D eigenvalue weighted by atomic mass is 10.0. The molecule has 0 aliphatic carbocycles. The van der Waals surface area contributed by atoms with Crippen molar-refractivity contribution in [2.75, 3.05) is 39.6 Å². The topological polar surface area (TPSA) is 237 Å². The van der Waals surface area contributed by atoms with Gasteiger partial charge in [-0.1, -0.05) is 333 Å². The summed E-state index contributed by atoms with van der Waals surface area (Å²) in [6.07, 6.45) is 96.4. The predicted molar refractivity (Wildman–Crippen MR) is 454 cm³/mol. The first-order valence-corrected chi connectivity index (χ1v) is 45.7. The average molecular weight is 1580 g/mol. The molecule has 5 atom stereocenters. The Labute approximate surface area is 668 Å². The van der Waals surface area contributed by atoms with Crippen LogP contribution in [0, 0.1) is 0 Å². The van der Waals surface area contributed by atoms with E-state index in [0.717, 1.165) is 186 Å². The number of rotatable bonds is 79. The van der Waals surface area contributed by atoms with E-state index in [9.17, 15) is 43.2 Å². The molecule has 0 fully saturated rings. The SMILES string of the molecule is CC/C=C\C/C=C\C/C=C\C/C=C\C/C=C\C/C=C\CCC(=O)OCC(COP(=O)(O)OCC(O)COP(=O)(O)OCC(COC(=O)CCCCCCCCC/C=C\C/C=C\C/C=C\CC)OC(=O)CCCCCCCCCCCCCCCCC)OC(=O)CCCCCCCC/C=C\C/C=C\C/C=C\C/C=C\CC. The molecule has 0 aliphatic rings. The van der Waals surface area contributed by atoms with Crippen LogP contribution in [0.2, 0.25) is 0 Å². The summed E-state index contributed by atoms with van der Waals surface area (Å²) in [5.41, 5.74) is 0. The van der Waals surface area contributed by atoms with E-state index in [4.69, 9.17) is 37.0 Å². The maximum Gasteiger partial charge on any atom is 0.472 e. The Bertz CT molecular complexity index is 2700. The molecule has 3 N–H and O–H groups in total. The first-order chi connectivity index (χ1) is 53.7. The van der Waals surface area contributed by atoms with Gasteiger partial charge in [0.1, 0.15) is 19.3 Å². The Morgan fingerprint density at radius 1 is 0.264 bits per heavy atom. The molecule has 0 bridgehead atoms. The minimum atomic E-state index is -5.01. The Balaban J connectivity index is 5.46. The number of phosphoric acid groups is 2. The lowest BCUT2D eigenvalue weighted by Gasteiger charge is -2.21. The number of carbonyl (C=O) groups is 4. The van der Waals surface area contributed by atoms with Gasteiger partial charge in [0, 0.05) is 25.7 Å². The third-order valence-electron chi connectivity index (χ3n) is 17.5. The van der Waals surface area contributed by atoms with Gasteiger partial charge in [0.2, 0.25) is 0 Å². The fourth-order valence-corrected chi connectivity index (χ4v) is 12.7. The van der Waals surface area contributed by atoms with Crippen LogP contribution < -0.4 is 0 Å². The number of unbranched alkanes of at least 4 members (excludes halogenated alkanes) is 27. The van der Waals surface area contributed by atoms with Gasteiger partial charge in [0.15, 0.2) is 12.2 Å². The van der Waals surface area contributed by atoms with E-state index in [1.807, 2.05) is 18.2 Å². The molecule has 628 valence electrons. The average Bonchev–Trinajstić information content (AvgIpc) is 0.900. The molecule has 0 heterocycles. The summed E-state index contributed by atoms with van der Waals surface area (Å²) in [6.45, 7) is 4.47. The van der Waals surface area contributed by atoms with E-state index >= 15 is 0 Å². The van der Waals surface area contributed by atoms with Crippen molar-refractivity contribution in [1.82, 2.24) is 0 Å². The standard InChI is InChI=1S/C91H152O17P2/c1-5-9-13-17-21-25-29-33-37-40-42-45-49-52-56-60-64-68-72-76-89(94)102-82-87(108-91(96)78-74-70-66-62-58-54-50-46-43-41-38-34-30-26-22-18-14-10-6-2)84-106-110(99,100)104-80-85(92)79-103-109(97,98)105-83-86(107-90(95)77-73-69-65-61-57-53-47-36-32-28-24-20-16-12-8-4)81-101-88(93)75-71-67-63-59-55-51-48-44-39-35-31-27-23-19-15-11-7-3/h9-11,13-15,21-23,25-27,33-35,37-39,42-43,45-46,52,56,64,68,85-87,92H,5-8,12,16-20,24,28-32,36,40-41,44,47-51,53-55,57-63,65-67,69-84H2,1-4H3,(H,97,98)(H,99,100)/b13-9-,14-10-,15-11-,25-21-,26-22-,27-23-,37-33-,38-34-,39-35-,45-42-,46-43-,56-52-,68-64-.